The third kappa shape index (κ3) is 3.26. The second-order valence-corrected chi connectivity index (χ2v) is 6.83. The number of aryl methyl sites for hydroxylation is 1. The van der Waals surface area contributed by atoms with Gasteiger partial charge in [0.1, 0.15) is 0 Å². The number of carboxylic acids is 1. The van der Waals surface area contributed by atoms with E-state index in [2.05, 4.69) is 44.1 Å². The van der Waals surface area contributed by atoms with E-state index in [1.165, 1.54) is 5.56 Å². The maximum atomic E-state index is 11.4. The number of hydrogen-bond acceptors (Lipinski definition) is 3. The Bertz CT molecular complexity index is 513. The fourth-order valence-electron chi connectivity index (χ4n) is 3.46. The van der Waals surface area contributed by atoms with Crippen LogP contribution in [0.5, 0.6) is 0 Å². The molecule has 3 unspecified atom stereocenters. The highest BCUT2D eigenvalue weighted by Crippen LogP contribution is 2.45. The first-order valence-corrected chi connectivity index (χ1v) is 7.70. The highest BCUT2D eigenvalue weighted by Gasteiger charge is 2.45. The molecule has 3 atom stereocenters. The lowest BCUT2D eigenvalue weighted by Crippen LogP contribution is -2.50. The summed E-state index contributed by atoms with van der Waals surface area (Å²) in [5, 5.41) is 13.0. The van der Waals surface area contributed by atoms with Crippen LogP contribution in [0.2, 0.25) is 0 Å². The molecule has 0 radical (unpaired) electrons. The fraction of sp³-hybridized carbons (Fsp3) is 0.647. The van der Waals surface area contributed by atoms with Crippen LogP contribution >= 0.6 is 0 Å². The van der Waals surface area contributed by atoms with Gasteiger partial charge >= 0.3 is 5.97 Å². The summed E-state index contributed by atoms with van der Waals surface area (Å²) in [5.41, 5.74) is 2.07. The summed E-state index contributed by atoms with van der Waals surface area (Å²) in [6.45, 7) is 9.14. The van der Waals surface area contributed by atoms with Gasteiger partial charge in [0.05, 0.1) is 11.6 Å². The molecule has 1 heterocycles. The van der Waals surface area contributed by atoms with Crippen LogP contribution in [0, 0.1) is 24.2 Å². The molecule has 21 heavy (non-hydrogen) atoms. The maximum absolute atomic E-state index is 11.4. The molecule has 116 valence electrons. The largest absolute Gasteiger partial charge is 0.481 e. The molecule has 2 rings (SSSR count). The predicted molar refractivity (Wildman–Crippen MR) is 82.9 cm³/mol. The molecule has 0 aromatic carbocycles. The van der Waals surface area contributed by atoms with Gasteiger partial charge in [0.2, 0.25) is 0 Å². The molecule has 0 bridgehead atoms. The lowest BCUT2D eigenvalue weighted by Gasteiger charge is -2.46. The lowest BCUT2D eigenvalue weighted by atomic mass is 9.61. The number of aromatic nitrogens is 1. The summed E-state index contributed by atoms with van der Waals surface area (Å²) in [4.78, 5) is 15.8. The van der Waals surface area contributed by atoms with Crippen LogP contribution in [0.1, 0.15) is 44.9 Å². The Kier molecular flexibility index (Phi) is 4.67. The molecular formula is C17H26N2O2. The van der Waals surface area contributed by atoms with Crippen LogP contribution in [0.4, 0.5) is 0 Å². The average molecular weight is 290 g/mol. The normalized spacial score (nSPS) is 28.3. The quantitative estimate of drug-likeness (QED) is 0.895. The van der Waals surface area contributed by atoms with Crippen LogP contribution in [0.3, 0.4) is 0 Å². The van der Waals surface area contributed by atoms with Gasteiger partial charge in [-0.25, -0.2) is 0 Å². The molecule has 1 aliphatic carbocycles. The minimum Gasteiger partial charge on any atom is -0.481 e. The van der Waals surface area contributed by atoms with E-state index in [1.54, 1.807) is 0 Å². The van der Waals surface area contributed by atoms with E-state index in [0.29, 0.717) is 12.0 Å². The van der Waals surface area contributed by atoms with Crippen LogP contribution in [-0.2, 0) is 11.3 Å². The summed E-state index contributed by atoms with van der Waals surface area (Å²) < 4.78 is 0. The first-order valence-electron chi connectivity index (χ1n) is 7.70. The summed E-state index contributed by atoms with van der Waals surface area (Å²) in [7, 11) is 0. The second kappa shape index (κ2) is 6.14. The zero-order valence-corrected chi connectivity index (χ0v) is 13.4. The van der Waals surface area contributed by atoms with Crippen molar-refractivity contribution < 1.29 is 9.90 Å². The Hall–Kier alpha value is -1.42. The Balaban J connectivity index is 2.03. The van der Waals surface area contributed by atoms with Crippen LogP contribution in [0.25, 0.3) is 0 Å². The molecule has 0 saturated heterocycles. The minimum atomic E-state index is -0.661. The van der Waals surface area contributed by atoms with E-state index in [1.807, 2.05) is 12.3 Å². The van der Waals surface area contributed by atoms with Gasteiger partial charge in [0.15, 0.2) is 0 Å². The standard InChI is InChI=1S/C17H26N2O2/c1-11-6-5-9-18-15(11)10-19-14-8-7-13(16(20)21)17(3,4)12(14)2/h5-6,9,12-14,19H,7-8,10H2,1-4H3,(H,20,21). The van der Waals surface area contributed by atoms with Crippen molar-refractivity contribution in [3.8, 4) is 0 Å². The number of nitrogens with zero attached hydrogens (tertiary/aromatic N) is 1. The van der Waals surface area contributed by atoms with E-state index < -0.39 is 5.97 Å². The Labute approximate surface area is 127 Å². The fourth-order valence-corrected chi connectivity index (χ4v) is 3.46. The number of pyridine rings is 1. The average Bonchev–Trinajstić information content (AvgIpc) is 2.41. The van der Waals surface area contributed by atoms with Crippen molar-refractivity contribution in [1.29, 1.82) is 0 Å². The molecule has 1 saturated carbocycles. The minimum absolute atomic E-state index is 0.194. The van der Waals surface area contributed by atoms with Gasteiger partial charge in [-0.3, -0.25) is 9.78 Å². The van der Waals surface area contributed by atoms with E-state index in [4.69, 9.17) is 0 Å². The number of aliphatic carboxylic acids is 1. The summed E-state index contributed by atoms with van der Waals surface area (Å²) in [6, 6.07) is 4.36. The Morgan fingerprint density at radius 2 is 2.19 bits per heavy atom. The SMILES string of the molecule is Cc1cccnc1CNC1CCC(C(=O)O)C(C)(C)C1C. The van der Waals surface area contributed by atoms with E-state index >= 15 is 0 Å². The van der Waals surface area contributed by atoms with Crippen molar-refractivity contribution in [2.75, 3.05) is 0 Å². The summed E-state index contributed by atoms with van der Waals surface area (Å²) in [6.07, 6.45) is 3.47. The lowest BCUT2D eigenvalue weighted by molar-refractivity contribution is -0.150. The third-order valence-corrected chi connectivity index (χ3v) is 5.39. The second-order valence-electron chi connectivity index (χ2n) is 6.83. The van der Waals surface area contributed by atoms with Gasteiger partial charge in [-0.15, -0.1) is 0 Å². The molecule has 0 amide bonds. The van der Waals surface area contributed by atoms with Gasteiger partial charge in [-0.1, -0.05) is 26.8 Å². The molecule has 0 aliphatic heterocycles. The molecule has 2 N–H and O–H groups in total. The highest BCUT2D eigenvalue weighted by molar-refractivity contribution is 5.71. The van der Waals surface area contributed by atoms with Crippen LogP contribution in [-0.4, -0.2) is 22.1 Å². The molecule has 1 aromatic rings. The van der Waals surface area contributed by atoms with Gasteiger partial charge in [0, 0.05) is 18.8 Å². The third-order valence-electron chi connectivity index (χ3n) is 5.39. The van der Waals surface area contributed by atoms with Gasteiger partial charge in [-0.05, 0) is 42.7 Å². The van der Waals surface area contributed by atoms with Crippen LogP contribution in [0.15, 0.2) is 18.3 Å². The molecule has 1 fully saturated rings. The molecular weight excluding hydrogens is 264 g/mol. The van der Waals surface area contributed by atoms with Crippen molar-refractivity contribution in [1.82, 2.24) is 10.3 Å². The van der Waals surface area contributed by atoms with Gasteiger partial charge in [0.25, 0.3) is 0 Å². The topological polar surface area (TPSA) is 62.2 Å². The zero-order valence-electron chi connectivity index (χ0n) is 13.4. The van der Waals surface area contributed by atoms with Crippen molar-refractivity contribution in [2.45, 2.75) is 53.1 Å². The van der Waals surface area contributed by atoms with Crippen molar-refractivity contribution in [2.24, 2.45) is 17.3 Å². The van der Waals surface area contributed by atoms with E-state index in [-0.39, 0.29) is 11.3 Å². The van der Waals surface area contributed by atoms with Gasteiger partial charge < -0.3 is 10.4 Å². The first-order chi connectivity index (χ1) is 9.84. The Morgan fingerprint density at radius 1 is 1.48 bits per heavy atom. The summed E-state index contributed by atoms with van der Waals surface area (Å²) >= 11 is 0. The summed E-state index contributed by atoms with van der Waals surface area (Å²) in [5.74, 6) is -0.593. The van der Waals surface area contributed by atoms with Crippen molar-refractivity contribution in [3.63, 3.8) is 0 Å². The van der Waals surface area contributed by atoms with Crippen molar-refractivity contribution >= 4 is 5.97 Å². The molecule has 4 nitrogen and oxygen atoms in total. The molecule has 1 aromatic heterocycles. The molecule has 4 heteroatoms. The Morgan fingerprint density at radius 3 is 2.81 bits per heavy atom. The van der Waals surface area contributed by atoms with Crippen LogP contribution < -0.4 is 5.32 Å². The maximum Gasteiger partial charge on any atom is 0.307 e. The number of hydrogen-bond donors (Lipinski definition) is 2. The van der Waals surface area contributed by atoms with Crippen molar-refractivity contribution in [3.05, 3.63) is 29.6 Å². The van der Waals surface area contributed by atoms with E-state index in [0.717, 1.165) is 25.1 Å². The number of rotatable bonds is 4. The zero-order chi connectivity index (χ0) is 15.6. The first kappa shape index (κ1) is 16.0. The highest BCUT2D eigenvalue weighted by atomic mass is 16.4. The predicted octanol–water partition coefficient (Wildman–Crippen LogP) is 3.01. The van der Waals surface area contributed by atoms with E-state index in [9.17, 15) is 9.90 Å². The molecule has 0 spiro atoms. The smallest absolute Gasteiger partial charge is 0.307 e. The number of carboxylic acid groups (broad SMARTS) is 1. The number of carbonyl (C=O) groups is 1. The number of nitrogens with one attached hydrogen (secondary N) is 1. The monoisotopic (exact) mass is 290 g/mol. The van der Waals surface area contributed by atoms with Gasteiger partial charge in [-0.2, -0.15) is 0 Å². The molecule has 1 aliphatic rings.